The van der Waals surface area contributed by atoms with Gasteiger partial charge in [0.1, 0.15) is 11.6 Å². The van der Waals surface area contributed by atoms with Gasteiger partial charge in [0.25, 0.3) is 0 Å². The molecule has 1 aliphatic rings. The molecule has 0 spiro atoms. The van der Waals surface area contributed by atoms with Crippen molar-refractivity contribution in [1.29, 1.82) is 0 Å². The predicted molar refractivity (Wildman–Crippen MR) is 78.1 cm³/mol. The minimum Gasteiger partial charge on any atom is -0.327 e. The van der Waals surface area contributed by atoms with E-state index in [-0.39, 0.29) is 11.9 Å². The lowest BCUT2D eigenvalue weighted by atomic mass is 10.3. The summed E-state index contributed by atoms with van der Waals surface area (Å²) in [5.74, 6) is 3.02. The number of thioether (sulfide) groups is 1. The number of fused-ring (bicyclic) bond motifs is 1. The second-order valence-corrected chi connectivity index (χ2v) is 5.99. The highest BCUT2D eigenvalue weighted by atomic mass is 32.2. The van der Waals surface area contributed by atoms with Gasteiger partial charge in [-0.25, -0.2) is 9.37 Å². The first-order valence-electron chi connectivity index (χ1n) is 6.76. The van der Waals surface area contributed by atoms with Crippen LogP contribution in [0.4, 0.5) is 4.39 Å². The lowest BCUT2D eigenvalue weighted by molar-refractivity contribution is 0.526. The number of halogens is 1. The van der Waals surface area contributed by atoms with Crippen LogP contribution in [-0.2, 0) is 6.54 Å². The first-order valence-corrected chi connectivity index (χ1v) is 7.92. The molecule has 1 aromatic carbocycles. The molecule has 0 saturated carbocycles. The topological polar surface area (TPSA) is 29.9 Å². The summed E-state index contributed by atoms with van der Waals surface area (Å²) in [6.45, 7) is 4.10. The molecular weight excluding hydrogens is 261 g/mol. The summed E-state index contributed by atoms with van der Waals surface area (Å²) < 4.78 is 15.6. The lowest BCUT2D eigenvalue weighted by Crippen LogP contribution is -2.32. The van der Waals surface area contributed by atoms with E-state index in [2.05, 4.69) is 21.8 Å². The Labute approximate surface area is 116 Å². The van der Waals surface area contributed by atoms with Gasteiger partial charge in [-0.3, -0.25) is 0 Å². The van der Waals surface area contributed by atoms with E-state index >= 15 is 0 Å². The number of hydrogen-bond donors (Lipinski definition) is 1. The number of aromatic nitrogens is 2. The third-order valence-corrected chi connectivity index (χ3v) is 4.48. The van der Waals surface area contributed by atoms with Gasteiger partial charge in [0.15, 0.2) is 0 Å². The van der Waals surface area contributed by atoms with Crippen LogP contribution in [0, 0.1) is 5.82 Å². The van der Waals surface area contributed by atoms with Gasteiger partial charge in [0.05, 0.1) is 17.1 Å². The lowest BCUT2D eigenvalue weighted by Gasteiger charge is -2.23. The van der Waals surface area contributed by atoms with Crippen LogP contribution in [0.25, 0.3) is 11.0 Å². The highest BCUT2D eigenvalue weighted by molar-refractivity contribution is 7.99. The molecule has 1 atom stereocenters. The van der Waals surface area contributed by atoms with Crippen molar-refractivity contribution in [2.24, 2.45) is 0 Å². The van der Waals surface area contributed by atoms with Crippen LogP contribution < -0.4 is 5.32 Å². The Balaban J connectivity index is 2.08. The van der Waals surface area contributed by atoms with Gasteiger partial charge < -0.3 is 9.88 Å². The van der Waals surface area contributed by atoms with Crippen LogP contribution in [0.2, 0.25) is 0 Å². The number of rotatable bonds is 3. The monoisotopic (exact) mass is 279 g/mol. The van der Waals surface area contributed by atoms with Crippen molar-refractivity contribution >= 4 is 22.8 Å². The molecule has 1 fully saturated rings. The quantitative estimate of drug-likeness (QED) is 0.937. The van der Waals surface area contributed by atoms with E-state index in [9.17, 15) is 4.39 Å². The van der Waals surface area contributed by atoms with Crippen molar-refractivity contribution < 1.29 is 4.39 Å². The minimum absolute atomic E-state index is 0.217. The Kier molecular flexibility index (Phi) is 3.75. The predicted octanol–water partition coefficient (Wildman–Crippen LogP) is 2.96. The highest BCUT2D eigenvalue weighted by Crippen LogP contribution is 2.26. The van der Waals surface area contributed by atoms with Crippen LogP contribution in [0.1, 0.15) is 25.2 Å². The van der Waals surface area contributed by atoms with Gasteiger partial charge in [-0.2, -0.15) is 11.8 Å². The van der Waals surface area contributed by atoms with E-state index in [0.29, 0.717) is 0 Å². The molecule has 1 aliphatic heterocycles. The molecule has 2 heterocycles. The maximum atomic E-state index is 13.3. The summed E-state index contributed by atoms with van der Waals surface area (Å²) in [6, 6.07) is 5.16. The normalized spacial score (nSPS) is 20.0. The summed E-state index contributed by atoms with van der Waals surface area (Å²) in [4.78, 5) is 4.66. The van der Waals surface area contributed by atoms with Gasteiger partial charge in [0.2, 0.25) is 0 Å². The van der Waals surface area contributed by atoms with E-state index in [0.717, 1.165) is 47.9 Å². The molecule has 19 heavy (non-hydrogen) atoms. The Morgan fingerprint density at radius 2 is 2.42 bits per heavy atom. The Bertz CT molecular complexity index is 575. The molecule has 1 unspecified atom stereocenters. The molecule has 2 aromatic rings. The number of imidazole rings is 1. The van der Waals surface area contributed by atoms with Crippen LogP contribution >= 0.6 is 11.8 Å². The zero-order valence-corrected chi connectivity index (χ0v) is 11.8. The first-order chi connectivity index (χ1) is 9.29. The van der Waals surface area contributed by atoms with Crippen molar-refractivity contribution in [1.82, 2.24) is 14.9 Å². The molecule has 0 amide bonds. The number of nitrogens with zero attached hydrogens (tertiary/aromatic N) is 2. The molecule has 102 valence electrons. The molecule has 3 nitrogen and oxygen atoms in total. The third kappa shape index (κ3) is 2.49. The Morgan fingerprint density at radius 1 is 1.53 bits per heavy atom. The smallest absolute Gasteiger partial charge is 0.127 e. The van der Waals surface area contributed by atoms with Crippen LogP contribution in [0.15, 0.2) is 18.2 Å². The summed E-state index contributed by atoms with van der Waals surface area (Å²) in [5, 5.41) is 3.51. The standard InChI is InChI=1S/C14H18FN3S/c1-2-6-18-13-4-3-10(15)8-11(13)17-14(18)12-9-19-7-5-16-12/h3-4,8,12,16H,2,5-7,9H2,1H3. The number of aryl methyl sites for hydroxylation is 1. The largest absolute Gasteiger partial charge is 0.327 e. The first kappa shape index (κ1) is 12.9. The van der Waals surface area contributed by atoms with Gasteiger partial charge >= 0.3 is 0 Å². The molecular formula is C14H18FN3S. The van der Waals surface area contributed by atoms with Gasteiger partial charge in [0, 0.05) is 30.7 Å². The van der Waals surface area contributed by atoms with Crippen molar-refractivity contribution in [3.05, 3.63) is 29.8 Å². The number of hydrogen-bond acceptors (Lipinski definition) is 3. The molecule has 5 heteroatoms. The average molecular weight is 279 g/mol. The zero-order valence-electron chi connectivity index (χ0n) is 11.0. The maximum absolute atomic E-state index is 13.3. The summed E-state index contributed by atoms with van der Waals surface area (Å²) in [5.41, 5.74) is 1.80. The van der Waals surface area contributed by atoms with Gasteiger partial charge in [-0.05, 0) is 18.6 Å². The summed E-state index contributed by atoms with van der Waals surface area (Å²) >= 11 is 1.95. The molecule has 0 radical (unpaired) electrons. The summed E-state index contributed by atoms with van der Waals surface area (Å²) in [7, 11) is 0. The van der Waals surface area contributed by atoms with Crippen molar-refractivity contribution in [3.8, 4) is 0 Å². The van der Waals surface area contributed by atoms with Crippen LogP contribution in [-0.4, -0.2) is 27.6 Å². The molecule has 3 rings (SSSR count). The molecule has 1 aromatic heterocycles. The zero-order chi connectivity index (χ0) is 13.2. The van der Waals surface area contributed by atoms with Gasteiger partial charge in [-0.15, -0.1) is 0 Å². The molecule has 0 bridgehead atoms. The number of benzene rings is 1. The van der Waals surface area contributed by atoms with Crippen molar-refractivity contribution in [2.45, 2.75) is 25.9 Å². The second kappa shape index (κ2) is 5.51. The molecule has 1 N–H and O–H groups in total. The highest BCUT2D eigenvalue weighted by Gasteiger charge is 2.22. The molecule has 1 saturated heterocycles. The van der Waals surface area contributed by atoms with E-state index < -0.39 is 0 Å². The fourth-order valence-corrected chi connectivity index (χ4v) is 3.51. The van der Waals surface area contributed by atoms with Gasteiger partial charge in [-0.1, -0.05) is 6.92 Å². The van der Waals surface area contributed by atoms with E-state index in [1.54, 1.807) is 0 Å². The van der Waals surface area contributed by atoms with E-state index in [4.69, 9.17) is 0 Å². The SMILES string of the molecule is CCCn1c(C2CSCCN2)nc2cc(F)ccc21. The maximum Gasteiger partial charge on any atom is 0.127 e. The molecule has 0 aliphatic carbocycles. The average Bonchev–Trinajstić information content (AvgIpc) is 2.78. The van der Waals surface area contributed by atoms with E-state index in [1.165, 1.54) is 12.1 Å². The third-order valence-electron chi connectivity index (χ3n) is 3.42. The fourth-order valence-electron chi connectivity index (χ4n) is 2.58. The summed E-state index contributed by atoms with van der Waals surface area (Å²) in [6.07, 6.45) is 1.05. The van der Waals surface area contributed by atoms with Crippen molar-refractivity contribution in [3.63, 3.8) is 0 Å². The Morgan fingerprint density at radius 3 is 3.16 bits per heavy atom. The minimum atomic E-state index is -0.217. The van der Waals surface area contributed by atoms with E-state index in [1.807, 2.05) is 17.8 Å². The van der Waals surface area contributed by atoms with Crippen molar-refractivity contribution in [2.75, 3.05) is 18.1 Å². The Hall–Kier alpha value is -1.07. The second-order valence-electron chi connectivity index (χ2n) is 4.84. The fraction of sp³-hybridized carbons (Fsp3) is 0.500. The van der Waals surface area contributed by atoms with Crippen LogP contribution in [0.3, 0.4) is 0 Å². The number of nitrogens with one attached hydrogen (secondary N) is 1. The van der Waals surface area contributed by atoms with Crippen LogP contribution in [0.5, 0.6) is 0 Å².